The summed E-state index contributed by atoms with van der Waals surface area (Å²) in [6.45, 7) is -2.21. The maximum Gasteiger partial charge on any atom is 0.460 e. The number of halogens is 17. The summed E-state index contributed by atoms with van der Waals surface area (Å²) in [5.41, 5.74) is 0.696. The second kappa shape index (κ2) is 12.4. The molecule has 0 unspecified atom stereocenters. The lowest BCUT2D eigenvalue weighted by Gasteiger charge is -2.42. The zero-order valence-corrected chi connectivity index (χ0v) is 24.0. The third kappa shape index (κ3) is 6.11. The average molecular weight is 749 g/mol. The molecule has 0 aliphatic rings. The Morgan fingerprint density at radius 2 is 1.10 bits per heavy atom. The van der Waals surface area contributed by atoms with Crippen LogP contribution in [0.4, 0.5) is 74.6 Å². The van der Waals surface area contributed by atoms with E-state index < -0.39 is 67.2 Å². The third-order valence-electron chi connectivity index (χ3n) is 6.99. The number of aromatic nitrogens is 5. The van der Waals surface area contributed by atoms with Gasteiger partial charge in [0.05, 0.1) is 17.1 Å². The molecule has 50 heavy (non-hydrogen) atoms. The molecule has 0 amide bonds. The minimum absolute atomic E-state index is 0.0475. The number of aryl methyl sites for hydroxylation is 1. The Hall–Kier alpha value is -4.47. The maximum atomic E-state index is 14.3. The number of hydrogen-bond donors (Lipinski definition) is 0. The molecule has 0 aliphatic heterocycles. The van der Waals surface area contributed by atoms with Gasteiger partial charge in [-0.05, 0) is 12.1 Å². The minimum Gasteiger partial charge on any atom is -0.470 e. The van der Waals surface area contributed by atoms with E-state index in [1.165, 1.54) is 0 Å². The summed E-state index contributed by atoms with van der Waals surface area (Å²) in [5, 5.41) is 7.01. The first-order valence-electron chi connectivity index (χ1n) is 13.3. The molecule has 0 aliphatic carbocycles. The van der Waals surface area contributed by atoms with Crippen molar-refractivity contribution in [2.24, 2.45) is 0 Å². The van der Waals surface area contributed by atoms with Gasteiger partial charge in [-0.1, -0.05) is 47.7 Å². The number of hydrogen-bond acceptors (Lipinski definition) is 5. The molecule has 0 radical (unpaired) electrons. The fraction of sp³-hybridized carbons (Fsp3) is 0.407. The van der Waals surface area contributed by atoms with E-state index >= 15 is 0 Å². The van der Waals surface area contributed by atoms with Crippen molar-refractivity contribution in [3.8, 4) is 17.3 Å². The largest absolute Gasteiger partial charge is 0.470 e. The van der Waals surface area contributed by atoms with Gasteiger partial charge in [0.1, 0.15) is 12.3 Å². The molecule has 2 aromatic heterocycles. The molecule has 2 aromatic carbocycles. The van der Waals surface area contributed by atoms with Gasteiger partial charge < -0.3 is 4.74 Å². The molecular weight excluding hydrogens is 733 g/mol. The SMILES string of the molecule is FC(F)(F)C(F)(F)C(F)(F)C(F)(F)C(F)(F)C(F)(F)C(F)(F)C(F)(F)CCn1cc(COc2nc(-c3ccccc3)nc3ccccc23)nn1. The first-order valence-corrected chi connectivity index (χ1v) is 13.3. The summed E-state index contributed by atoms with van der Waals surface area (Å²) in [6.07, 6.45) is -9.81. The lowest BCUT2D eigenvalue weighted by Crippen LogP contribution is -2.74. The number of rotatable bonds is 13. The molecule has 4 aromatic rings. The van der Waals surface area contributed by atoms with Gasteiger partial charge in [-0.25, -0.2) is 4.98 Å². The van der Waals surface area contributed by atoms with Crippen LogP contribution in [0.3, 0.4) is 0 Å². The van der Waals surface area contributed by atoms with Crippen LogP contribution in [0.1, 0.15) is 12.1 Å². The molecule has 23 heteroatoms. The van der Waals surface area contributed by atoms with Gasteiger partial charge >= 0.3 is 47.6 Å². The fourth-order valence-corrected chi connectivity index (χ4v) is 4.14. The lowest BCUT2D eigenvalue weighted by molar-refractivity contribution is -0.461. The Bertz CT molecular complexity index is 1810. The van der Waals surface area contributed by atoms with Crippen LogP contribution in [0.25, 0.3) is 22.3 Å². The molecule has 4 rings (SSSR count). The normalized spacial score (nSPS) is 14.3. The lowest BCUT2D eigenvalue weighted by atomic mass is 9.88. The van der Waals surface area contributed by atoms with Gasteiger partial charge in [0.15, 0.2) is 5.82 Å². The highest BCUT2D eigenvalue weighted by Crippen LogP contribution is 2.64. The molecular formula is C27H16F17N5O. The number of fused-ring (bicyclic) bond motifs is 1. The summed E-state index contributed by atoms with van der Waals surface area (Å²) in [5.74, 6) is -56.6. The zero-order valence-electron chi connectivity index (χ0n) is 24.0. The zero-order chi connectivity index (χ0) is 37.8. The monoisotopic (exact) mass is 749 g/mol. The number of benzene rings is 2. The highest BCUT2D eigenvalue weighted by Gasteiger charge is 2.95. The van der Waals surface area contributed by atoms with Crippen molar-refractivity contribution in [2.45, 2.75) is 67.2 Å². The molecule has 6 nitrogen and oxygen atoms in total. The van der Waals surface area contributed by atoms with Crippen LogP contribution < -0.4 is 4.74 Å². The van der Waals surface area contributed by atoms with Gasteiger partial charge in [-0.2, -0.15) is 79.6 Å². The first kappa shape index (κ1) is 38.3. The van der Waals surface area contributed by atoms with E-state index in [4.69, 9.17) is 4.74 Å². The van der Waals surface area contributed by atoms with Crippen LogP contribution in [-0.2, 0) is 13.2 Å². The highest BCUT2D eigenvalue weighted by molar-refractivity contribution is 5.85. The fourth-order valence-electron chi connectivity index (χ4n) is 4.14. The van der Waals surface area contributed by atoms with E-state index in [2.05, 4.69) is 20.3 Å². The molecule has 0 saturated heterocycles. The minimum atomic E-state index is -8.68. The van der Waals surface area contributed by atoms with Crippen LogP contribution >= 0.6 is 0 Å². The molecule has 0 spiro atoms. The number of para-hydroxylation sites is 1. The summed E-state index contributed by atoms with van der Waals surface area (Å²) in [4.78, 5) is 8.69. The second-order valence-corrected chi connectivity index (χ2v) is 10.4. The summed E-state index contributed by atoms with van der Waals surface area (Å²) >= 11 is 0. The van der Waals surface area contributed by atoms with E-state index in [0.717, 1.165) is 0 Å². The van der Waals surface area contributed by atoms with Crippen molar-refractivity contribution in [1.29, 1.82) is 0 Å². The average Bonchev–Trinajstić information content (AvgIpc) is 3.49. The van der Waals surface area contributed by atoms with E-state index in [1.807, 2.05) is 0 Å². The molecule has 0 N–H and O–H groups in total. The second-order valence-electron chi connectivity index (χ2n) is 10.4. The highest BCUT2D eigenvalue weighted by atomic mass is 19.4. The van der Waals surface area contributed by atoms with Crippen molar-refractivity contribution in [2.75, 3.05) is 0 Å². The Morgan fingerprint density at radius 3 is 1.68 bits per heavy atom. The van der Waals surface area contributed by atoms with Crippen molar-refractivity contribution >= 4 is 10.9 Å². The van der Waals surface area contributed by atoms with Crippen LogP contribution in [0, 0.1) is 0 Å². The Labute approximate surface area is 266 Å². The maximum absolute atomic E-state index is 14.3. The van der Waals surface area contributed by atoms with Crippen molar-refractivity contribution in [3.05, 3.63) is 66.5 Å². The van der Waals surface area contributed by atoms with Crippen LogP contribution in [0.15, 0.2) is 60.8 Å². The van der Waals surface area contributed by atoms with Gasteiger partial charge in [-0.3, -0.25) is 4.68 Å². The predicted molar refractivity (Wildman–Crippen MR) is 135 cm³/mol. The van der Waals surface area contributed by atoms with E-state index in [-0.39, 0.29) is 22.1 Å². The van der Waals surface area contributed by atoms with Crippen molar-refractivity contribution < 1.29 is 79.4 Å². The quantitative estimate of drug-likeness (QED) is 0.128. The number of ether oxygens (including phenoxy) is 1. The van der Waals surface area contributed by atoms with Gasteiger partial charge in [0.2, 0.25) is 5.88 Å². The van der Waals surface area contributed by atoms with Crippen molar-refractivity contribution in [3.63, 3.8) is 0 Å². The van der Waals surface area contributed by atoms with E-state index in [0.29, 0.717) is 22.7 Å². The summed E-state index contributed by atoms with van der Waals surface area (Å²) < 4.78 is 235. The summed E-state index contributed by atoms with van der Waals surface area (Å²) in [6, 6.07) is 14.8. The van der Waals surface area contributed by atoms with Crippen LogP contribution in [0.5, 0.6) is 5.88 Å². The Balaban J connectivity index is 1.51. The van der Waals surface area contributed by atoms with Gasteiger partial charge in [0, 0.05) is 18.5 Å². The number of alkyl halides is 17. The topological polar surface area (TPSA) is 65.7 Å². The molecule has 0 bridgehead atoms. The van der Waals surface area contributed by atoms with E-state index in [9.17, 15) is 74.6 Å². The van der Waals surface area contributed by atoms with Crippen LogP contribution in [-0.4, -0.2) is 72.6 Å². The molecule has 0 atom stereocenters. The number of nitrogens with zero attached hydrogens (tertiary/aromatic N) is 5. The summed E-state index contributed by atoms with van der Waals surface area (Å²) in [7, 11) is 0. The van der Waals surface area contributed by atoms with Gasteiger partial charge in [-0.15, -0.1) is 5.10 Å². The molecule has 274 valence electrons. The third-order valence-corrected chi connectivity index (χ3v) is 6.99. The molecule has 0 fully saturated rings. The smallest absolute Gasteiger partial charge is 0.460 e. The predicted octanol–water partition coefficient (Wildman–Crippen LogP) is 8.87. The van der Waals surface area contributed by atoms with Crippen molar-refractivity contribution in [1.82, 2.24) is 25.0 Å². The molecule has 2 heterocycles. The molecule has 0 saturated carbocycles. The Morgan fingerprint density at radius 1 is 0.580 bits per heavy atom. The first-order chi connectivity index (χ1) is 22.7. The van der Waals surface area contributed by atoms with Crippen LogP contribution in [0.2, 0.25) is 0 Å². The Kier molecular flexibility index (Phi) is 9.50. The van der Waals surface area contributed by atoms with E-state index in [1.54, 1.807) is 54.6 Å². The standard InChI is InChI=1S/C27H16F17N5O/c28-20(29,21(30,31)22(32,33)23(34,35)24(36,37)25(38,39)26(40,41)27(42,43)44)10-11-49-12-15(47-48-49)13-50-19-16-8-4-5-9-17(16)45-18(46-19)14-6-2-1-3-7-14/h1-9,12H,10-11,13H2. The van der Waals surface area contributed by atoms with Gasteiger partial charge in [0.25, 0.3) is 0 Å².